The van der Waals surface area contributed by atoms with Gasteiger partial charge < -0.3 is 10.2 Å². The fraction of sp³-hybridized carbons (Fsp3) is 0.857. The lowest BCUT2D eigenvalue weighted by atomic mass is 10.1. The van der Waals surface area contributed by atoms with E-state index in [1.807, 2.05) is 4.72 Å². The molecule has 0 bridgehead atoms. The number of aliphatic carboxylic acids is 1. The Kier molecular flexibility index (Phi) is 4.50. The van der Waals surface area contributed by atoms with Crippen molar-refractivity contribution in [3.63, 3.8) is 0 Å². The minimum Gasteiger partial charge on any atom is -0.480 e. The zero-order valence-electron chi connectivity index (χ0n) is 8.15. The number of aliphatic hydroxyl groups is 1. The monoisotopic (exact) mass is 225 g/mol. The first-order chi connectivity index (χ1) is 6.18. The number of hydrogen-bond donors (Lipinski definition) is 3. The van der Waals surface area contributed by atoms with Gasteiger partial charge in [0.05, 0.1) is 5.60 Å². The quantitative estimate of drug-likeness (QED) is 0.546. The van der Waals surface area contributed by atoms with Gasteiger partial charge in [-0.3, -0.25) is 4.79 Å². The second kappa shape index (κ2) is 4.72. The first-order valence-corrected chi connectivity index (χ1v) is 5.75. The molecule has 0 aliphatic rings. The molecule has 0 saturated heterocycles. The van der Waals surface area contributed by atoms with Crippen molar-refractivity contribution in [3.8, 4) is 0 Å². The van der Waals surface area contributed by atoms with Gasteiger partial charge in [0, 0.05) is 6.54 Å². The van der Waals surface area contributed by atoms with Gasteiger partial charge in [0.1, 0.15) is 0 Å². The molecule has 0 aliphatic carbocycles. The molecule has 0 aromatic carbocycles. The number of nitrogens with one attached hydrogen (secondary N) is 1. The second-order valence-electron chi connectivity index (χ2n) is 3.32. The molecule has 6 nitrogen and oxygen atoms in total. The van der Waals surface area contributed by atoms with E-state index in [2.05, 4.69) is 0 Å². The summed E-state index contributed by atoms with van der Waals surface area (Å²) in [5.41, 5.74) is -1.15. The first-order valence-electron chi connectivity index (χ1n) is 4.10. The third-order valence-electron chi connectivity index (χ3n) is 1.75. The lowest BCUT2D eigenvalue weighted by Crippen LogP contribution is -2.41. The molecule has 0 aromatic rings. The number of carboxylic acids is 1. The smallest absolute Gasteiger partial charge is 0.320 e. The van der Waals surface area contributed by atoms with Crippen molar-refractivity contribution in [1.29, 1.82) is 0 Å². The molecule has 0 heterocycles. The van der Waals surface area contributed by atoms with Crippen LogP contribution in [0.5, 0.6) is 0 Å². The number of rotatable bonds is 6. The van der Waals surface area contributed by atoms with Crippen LogP contribution >= 0.6 is 0 Å². The molecule has 0 amide bonds. The van der Waals surface area contributed by atoms with E-state index < -0.39 is 27.3 Å². The molecule has 84 valence electrons. The summed E-state index contributed by atoms with van der Waals surface area (Å²) in [4.78, 5) is 10.1. The molecule has 0 aliphatic heterocycles. The highest BCUT2D eigenvalue weighted by atomic mass is 32.2. The van der Waals surface area contributed by atoms with Crippen molar-refractivity contribution in [2.45, 2.75) is 25.9 Å². The van der Waals surface area contributed by atoms with Crippen LogP contribution in [0.4, 0.5) is 0 Å². The molecule has 7 heteroatoms. The molecule has 1 atom stereocenters. The van der Waals surface area contributed by atoms with Crippen molar-refractivity contribution in [2.75, 3.05) is 12.3 Å². The maximum atomic E-state index is 11.0. The summed E-state index contributed by atoms with van der Waals surface area (Å²) in [5.74, 6) is -2.40. The van der Waals surface area contributed by atoms with Crippen LogP contribution in [0, 0.1) is 0 Å². The summed E-state index contributed by atoms with van der Waals surface area (Å²) in [6, 6.07) is 0. The van der Waals surface area contributed by atoms with E-state index in [1.54, 1.807) is 6.92 Å². The standard InChI is InChI=1S/C7H15NO5S/c1-3-7(2,11)5-8-14(12,13)4-6(9)10/h8,11H,3-5H2,1-2H3,(H,9,10). The third-order valence-corrected chi connectivity index (χ3v) is 2.96. The molecule has 0 spiro atoms. The zero-order chi connectivity index (χ0) is 11.4. The van der Waals surface area contributed by atoms with Gasteiger partial charge in [-0.25, -0.2) is 13.1 Å². The maximum absolute atomic E-state index is 11.0. The van der Waals surface area contributed by atoms with Gasteiger partial charge in [0.25, 0.3) is 0 Å². The molecule has 0 fully saturated rings. The Morgan fingerprint density at radius 3 is 2.36 bits per heavy atom. The SMILES string of the molecule is CCC(C)(O)CNS(=O)(=O)CC(=O)O. The maximum Gasteiger partial charge on any atom is 0.320 e. The number of carbonyl (C=O) groups is 1. The van der Waals surface area contributed by atoms with Gasteiger partial charge in [0.15, 0.2) is 5.75 Å². The first kappa shape index (κ1) is 13.3. The Balaban J connectivity index is 4.20. The number of carboxylic acid groups (broad SMARTS) is 1. The summed E-state index contributed by atoms with van der Waals surface area (Å²) in [5, 5.41) is 17.7. The molecule has 14 heavy (non-hydrogen) atoms. The van der Waals surface area contributed by atoms with Gasteiger partial charge in [-0.15, -0.1) is 0 Å². The summed E-state index contributed by atoms with van der Waals surface area (Å²) in [7, 11) is -3.83. The molecule has 0 aromatic heterocycles. The predicted octanol–water partition coefficient (Wildman–Crippen LogP) is -0.849. The fourth-order valence-corrected chi connectivity index (χ4v) is 1.56. The Morgan fingerprint density at radius 1 is 1.50 bits per heavy atom. The predicted molar refractivity (Wildman–Crippen MR) is 50.3 cm³/mol. The van der Waals surface area contributed by atoms with E-state index in [4.69, 9.17) is 5.11 Å². The Morgan fingerprint density at radius 2 is 2.00 bits per heavy atom. The van der Waals surface area contributed by atoms with Crippen LogP contribution in [-0.4, -0.2) is 42.5 Å². The van der Waals surface area contributed by atoms with Crippen LogP contribution in [0.25, 0.3) is 0 Å². The van der Waals surface area contributed by atoms with E-state index in [0.29, 0.717) is 6.42 Å². The van der Waals surface area contributed by atoms with Crippen LogP contribution in [-0.2, 0) is 14.8 Å². The van der Waals surface area contributed by atoms with Crippen LogP contribution in [0.15, 0.2) is 0 Å². The van der Waals surface area contributed by atoms with Crippen molar-refractivity contribution in [2.24, 2.45) is 0 Å². The summed E-state index contributed by atoms with van der Waals surface area (Å²) in [6.07, 6.45) is 0.378. The van der Waals surface area contributed by atoms with Crippen molar-refractivity contribution in [1.82, 2.24) is 4.72 Å². The Labute approximate surface area is 83.0 Å². The lowest BCUT2D eigenvalue weighted by molar-refractivity contribution is -0.134. The lowest BCUT2D eigenvalue weighted by Gasteiger charge is -2.21. The Hall–Kier alpha value is -0.660. The van der Waals surface area contributed by atoms with E-state index in [0.717, 1.165) is 0 Å². The Bertz CT molecular complexity index is 295. The molecule has 0 rings (SSSR count). The van der Waals surface area contributed by atoms with Gasteiger partial charge in [0.2, 0.25) is 10.0 Å². The van der Waals surface area contributed by atoms with E-state index in [9.17, 15) is 18.3 Å². The van der Waals surface area contributed by atoms with Crippen LogP contribution in [0.2, 0.25) is 0 Å². The van der Waals surface area contributed by atoms with Gasteiger partial charge in [-0.1, -0.05) is 6.92 Å². The van der Waals surface area contributed by atoms with Crippen LogP contribution < -0.4 is 4.72 Å². The average molecular weight is 225 g/mol. The molecular formula is C7H15NO5S. The van der Waals surface area contributed by atoms with Gasteiger partial charge >= 0.3 is 5.97 Å². The zero-order valence-corrected chi connectivity index (χ0v) is 8.97. The molecule has 0 radical (unpaired) electrons. The fourth-order valence-electron chi connectivity index (χ4n) is 0.604. The van der Waals surface area contributed by atoms with E-state index in [1.165, 1.54) is 6.92 Å². The normalized spacial score (nSPS) is 16.2. The number of hydrogen-bond acceptors (Lipinski definition) is 4. The average Bonchev–Trinajstić information content (AvgIpc) is 1.99. The largest absolute Gasteiger partial charge is 0.480 e. The third kappa shape index (κ3) is 5.90. The highest BCUT2D eigenvalue weighted by molar-refractivity contribution is 7.90. The van der Waals surface area contributed by atoms with E-state index >= 15 is 0 Å². The van der Waals surface area contributed by atoms with Crippen LogP contribution in [0.3, 0.4) is 0 Å². The minimum atomic E-state index is -3.83. The molecule has 0 saturated carbocycles. The van der Waals surface area contributed by atoms with Crippen molar-refractivity contribution < 1.29 is 23.4 Å². The van der Waals surface area contributed by atoms with Crippen LogP contribution in [0.1, 0.15) is 20.3 Å². The summed E-state index contributed by atoms with van der Waals surface area (Å²) >= 11 is 0. The highest BCUT2D eigenvalue weighted by Gasteiger charge is 2.22. The second-order valence-corrected chi connectivity index (χ2v) is 5.13. The topological polar surface area (TPSA) is 104 Å². The summed E-state index contributed by atoms with van der Waals surface area (Å²) < 4.78 is 24.0. The van der Waals surface area contributed by atoms with Gasteiger partial charge in [-0.2, -0.15) is 0 Å². The highest BCUT2D eigenvalue weighted by Crippen LogP contribution is 2.06. The molecule has 1 unspecified atom stereocenters. The molecule has 3 N–H and O–H groups in total. The number of sulfonamides is 1. The molecular weight excluding hydrogens is 210 g/mol. The van der Waals surface area contributed by atoms with Crippen molar-refractivity contribution >= 4 is 16.0 Å². The van der Waals surface area contributed by atoms with Gasteiger partial charge in [-0.05, 0) is 13.3 Å². The summed E-state index contributed by atoms with van der Waals surface area (Å²) in [6.45, 7) is 2.99. The van der Waals surface area contributed by atoms with Crippen molar-refractivity contribution in [3.05, 3.63) is 0 Å². The van der Waals surface area contributed by atoms with E-state index in [-0.39, 0.29) is 6.54 Å². The minimum absolute atomic E-state index is 0.181.